The number of carboxylic acids is 1. The summed E-state index contributed by atoms with van der Waals surface area (Å²) in [6, 6.07) is 12.6. The summed E-state index contributed by atoms with van der Waals surface area (Å²) < 4.78 is 5.72. The van der Waals surface area contributed by atoms with Crippen LogP contribution in [0.4, 0.5) is 0 Å². The van der Waals surface area contributed by atoms with Crippen LogP contribution >= 0.6 is 0 Å². The highest BCUT2D eigenvalue weighted by Gasteiger charge is 2.16. The quantitative estimate of drug-likeness (QED) is 0.0894. The predicted octanol–water partition coefficient (Wildman–Crippen LogP) is 7.20. The molecule has 0 saturated heterocycles. The molecule has 0 heterocycles. The monoisotopic (exact) mass is 481 g/mol. The summed E-state index contributed by atoms with van der Waals surface area (Å²) in [5.74, 6) is -0.880. The van der Waals surface area contributed by atoms with E-state index >= 15 is 0 Å². The van der Waals surface area contributed by atoms with E-state index < -0.39 is 11.9 Å². The number of oxime groups is 1. The molecule has 35 heavy (non-hydrogen) atoms. The molecule has 0 aliphatic heterocycles. The van der Waals surface area contributed by atoms with Gasteiger partial charge in [-0.05, 0) is 61.4 Å². The highest BCUT2D eigenvalue weighted by Crippen LogP contribution is 2.23. The third-order valence-corrected chi connectivity index (χ3v) is 5.52. The van der Waals surface area contributed by atoms with E-state index in [1.165, 1.54) is 57.6 Å². The molecule has 0 aliphatic rings. The molecular formula is C28H35NO6. The standard InChI is InChI=1S/C28H35NO6/c1-3-4-5-6-7-8-9-10-11-12-26(29-35-21(2)30)27(31)22-13-17-24(18-14-22)34-25-19-15-23(16-20-25)28(32)33/h13-20H,3-12H2,1-2H3,(H,32,33)/b29-26+. The van der Waals surface area contributed by atoms with Crippen LogP contribution < -0.4 is 4.74 Å². The van der Waals surface area contributed by atoms with E-state index in [4.69, 9.17) is 14.7 Å². The van der Waals surface area contributed by atoms with E-state index in [-0.39, 0.29) is 17.1 Å². The minimum atomic E-state index is -1.01. The van der Waals surface area contributed by atoms with Gasteiger partial charge >= 0.3 is 11.9 Å². The number of aromatic carboxylic acids is 1. The van der Waals surface area contributed by atoms with Crippen molar-refractivity contribution in [3.05, 3.63) is 59.7 Å². The summed E-state index contributed by atoms with van der Waals surface area (Å²) >= 11 is 0. The van der Waals surface area contributed by atoms with E-state index in [0.29, 0.717) is 23.5 Å². The van der Waals surface area contributed by atoms with Crippen molar-refractivity contribution in [3.63, 3.8) is 0 Å². The fourth-order valence-corrected chi connectivity index (χ4v) is 3.57. The summed E-state index contributed by atoms with van der Waals surface area (Å²) in [6.07, 6.45) is 10.9. The molecule has 0 saturated carbocycles. The largest absolute Gasteiger partial charge is 0.478 e. The highest BCUT2D eigenvalue weighted by atomic mass is 16.7. The van der Waals surface area contributed by atoms with E-state index in [1.54, 1.807) is 36.4 Å². The first-order valence-corrected chi connectivity index (χ1v) is 12.3. The molecule has 0 aromatic heterocycles. The first-order chi connectivity index (χ1) is 16.9. The van der Waals surface area contributed by atoms with Crippen molar-refractivity contribution in [1.82, 2.24) is 0 Å². The van der Waals surface area contributed by atoms with Gasteiger partial charge in [0.2, 0.25) is 5.78 Å². The Labute approximate surface area is 207 Å². The molecule has 7 heteroatoms. The zero-order chi connectivity index (χ0) is 25.5. The molecule has 1 N–H and O–H groups in total. The number of carboxylic acid groups (broad SMARTS) is 1. The molecule has 2 aromatic rings. The number of nitrogens with zero attached hydrogens (tertiary/aromatic N) is 1. The van der Waals surface area contributed by atoms with Gasteiger partial charge in [0.1, 0.15) is 17.2 Å². The third kappa shape index (κ3) is 10.5. The minimum Gasteiger partial charge on any atom is -0.478 e. The topological polar surface area (TPSA) is 102 Å². The SMILES string of the molecule is CCCCCCCCCCC/C(=N\OC(C)=O)C(=O)c1ccc(Oc2ccc(C(=O)O)cc2)cc1. The van der Waals surface area contributed by atoms with Crippen molar-refractivity contribution in [2.45, 2.75) is 78.1 Å². The van der Waals surface area contributed by atoms with Crippen LogP contribution in [0.5, 0.6) is 11.5 Å². The maximum atomic E-state index is 13.0. The van der Waals surface area contributed by atoms with Gasteiger partial charge in [0.25, 0.3) is 0 Å². The molecule has 0 spiro atoms. The van der Waals surface area contributed by atoms with Crippen molar-refractivity contribution in [1.29, 1.82) is 0 Å². The molecule has 2 aromatic carbocycles. The molecule has 0 fully saturated rings. The average Bonchev–Trinajstić information content (AvgIpc) is 2.85. The van der Waals surface area contributed by atoms with Gasteiger partial charge in [-0.2, -0.15) is 0 Å². The van der Waals surface area contributed by atoms with Crippen LogP contribution in [0.25, 0.3) is 0 Å². The van der Waals surface area contributed by atoms with Gasteiger partial charge < -0.3 is 14.7 Å². The lowest BCUT2D eigenvalue weighted by molar-refractivity contribution is -0.140. The third-order valence-electron chi connectivity index (χ3n) is 5.52. The minimum absolute atomic E-state index is 0.171. The van der Waals surface area contributed by atoms with Gasteiger partial charge in [0.15, 0.2) is 0 Å². The summed E-state index contributed by atoms with van der Waals surface area (Å²) in [6.45, 7) is 3.46. The van der Waals surface area contributed by atoms with Crippen LogP contribution in [0, 0.1) is 0 Å². The smallest absolute Gasteiger partial charge is 0.335 e. The number of carbonyl (C=O) groups is 3. The molecule has 0 amide bonds. The number of hydrogen-bond donors (Lipinski definition) is 1. The van der Waals surface area contributed by atoms with Gasteiger partial charge in [0.05, 0.1) is 5.56 Å². The lowest BCUT2D eigenvalue weighted by atomic mass is 10.0. The van der Waals surface area contributed by atoms with Crippen LogP contribution in [0.15, 0.2) is 53.7 Å². The van der Waals surface area contributed by atoms with Crippen molar-refractivity contribution in [2.75, 3.05) is 0 Å². The second-order valence-corrected chi connectivity index (χ2v) is 8.48. The number of hydrogen-bond acceptors (Lipinski definition) is 6. The van der Waals surface area contributed by atoms with Crippen LogP contribution in [-0.4, -0.2) is 28.5 Å². The number of ketones is 1. The van der Waals surface area contributed by atoms with Crippen molar-refractivity contribution in [2.24, 2.45) is 5.16 Å². The van der Waals surface area contributed by atoms with Crippen LogP contribution in [-0.2, 0) is 9.63 Å². The Hall–Kier alpha value is -3.48. The Kier molecular flexibility index (Phi) is 12.2. The van der Waals surface area contributed by atoms with Crippen LogP contribution in [0.3, 0.4) is 0 Å². The summed E-state index contributed by atoms with van der Waals surface area (Å²) in [7, 11) is 0. The Morgan fingerprint density at radius 1 is 0.743 bits per heavy atom. The number of Topliss-reactive ketones (excluding diaryl/α,β-unsaturated/α-hetero) is 1. The molecule has 0 radical (unpaired) electrons. The van der Waals surface area contributed by atoms with Crippen molar-refractivity contribution in [3.8, 4) is 11.5 Å². The molecular weight excluding hydrogens is 446 g/mol. The van der Waals surface area contributed by atoms with Gasteiger partial charge in [-0.1, -0.05) is 63.4 Å². The Morgan fingerprint density at radius 2 is 1.23 bits per heavy atom. The average molecular weight is 482 g/mol. The molecule has 7 nitrogen and oxygen atoms in total. The summed E-state index contributed by atoms with van der Waals surface area (Å²) in [5, 5.41) is 12.8. The first-order valence-electron chi connectivity index (χ1n) is 12.3. The van der Waals surface area contributed by atoms with E-state index in [0.717, 1.165) is 19.3 Å². The van der Waals surface area contributed by atoms with Gasteiger partial charge in [-0.15, -0.1) is 0 Å². The molecule has 0 unspecified atom stereocenters. The normalized spacial score (nSPS) is 11.2. The molecule has 0 aliphatic carbocycles. The lowest BCUT2D eigenvalue weighted by Crippen LogP contribution is -2.16. The number of rotatable bonds is 16. The molecule has 188 valence electrons. The Bertz CT molecular complexity index is 980. The second kappa shape index (κ2) is 15.4. The Balaban J connectivity index is 1.90. The predicted molar refractivity (Wildman–Crippen MR) is 135 cm³/mol. The zero-order valence-electron chi connectivity index (χ0n) is 20.6. The number of ether oxygens (including phenoxy) is 1. The van der Waals surface area contributed by atoms with E-state index in [2.05, 4.69) is 12.1 Å². The fraction of sp³-hybridized carbons (Fsp3) is 0.429. The summed E-state index contributed by atoms with van der Waals surface area (Å²) in [5.41, 5.74) is 0.811. The van der Waals surface area contributed by atoms with E-state index in [1.807, 2.05) is 0 Å². The molecule has 0 bridgehead atoms. The van der Waals surface area contributed by atoms with Crippen LogP contribution in [0.1, 0.15) is 98.8 Å². The molecule has 2 rings (SSSR count). The van der Waals surface area contributed by atoms with Crippen LogP contribution in [0.2, 0.25) is 0 Å². The maximum Gasteiger partial charge on any atom is 0.335 e. The second-order valence-electron chi connectivity index (χ2n) is 8.48. The summed E-state index contributed by atoms with van der Waals surface area (Å²) in [4.78, 5) is 39.9. The number of unbranched alkanes of at least 4 members (excludes halogenated alkanes) is 8. The van der Waals surface area contributed by atoms with Gasteiger partial charge in [0, 0.05) is 12.5 Å². The maximum absolute atomic E-state index is 13.0. The molecule has 0 atom stereocenters. The highest BCUT2D eigenvalue weighted by molar-refractivity contribution is 6.45. The number of carbonyl (C=O) groups excluding carboxylic acids is 2. The lowest BCUT2D eigenvalue weighted by Gasteiger charge is -2.08. The van der Waals surface area contributed by atoms with Crippen molar-refractivity contribution < 1.29 is 29.1 Å². The van der Waals surface area contributed by atoms with Gasteiger partial charge in [-0.3, -0.25) is 4.79 Å². The first kappa shape index (κ1) is 27.8. The van der Waals surface area contributed by atoms with E-state index in [9.17, 15) is 14.4 Å². The van der Waals surface area contributed by atoms with Gasteiger partial charge in [-0.25, -0.2) is 9.59 Å². The van der Waals surface area contributed by atoms with Crippen molar-refractivity contribution >= 4 is 23.4 Å². The zero-order valence-corrected chi connectivity index (χ0v) is 20.6. The Morgan fingerprint density at radius 3 is 1.71 bits per heavy atom. The number of benzene rings is 2. The fourth-order valence-electron chi connectivity index (χ4n) is 3.57.